The van der Waals surface area contributed by atoms with Crippen LogP contribution in [0.3, 0.4) is 0 Å². The van der Waals surface area contributed by atoms with Crippen molar-refractivity contribution in [2.45, 2.75) is 19.4 Å². The third-order valence-corrected chi connectivity index (χ3v) is 4.30. The number of thiazole rings is 1. The van der Waals surface area contributed by atoms with Gasteiger partial charge in [0.05, 0.1) is 15.2 Å². The number of nitrogens with zero attached hydrogens (tertiary/aromatic N) is 2. The molecule has 1 aromatic heterocycles. The molecule has 0 aliphatic carbocycles. The smallest absolute Gasteiger partial charge is 0.0954 e. The van der Waals surface area contributed by atoms with Crippen molar-refractivity contribution in [3.63, 3.8) is 0 Å². The van der Waals surface area contributed by atoms with Gasteiger partial charge in [-0.3, -0.25) is 0 Å². The van der Waals surface area contributed by atoms with Crippen molar-refractivity contribution in [1.29, 1.82) is 0 Å². The highest BCUT2D eigenvalue weighted by Gasteiger charge is 2.10. The quantitative estimate of drug-likeness (QED) is 0.861. The van der Waals surface area contributed by atoms with E-state index < -0.39 is 0 Å². The van der Waals surface area contributed by atoms with Crippen molar-refractivity contribution in [3.05, 3.63) is 27.7 Å². The van der Waals surface area contributed by atoms with Crippen LogP contribution in [0, 0.1) is 0 Å². The number of halogens is 1. The van der Waals surface area contributed by atoms with Crippen LogP contribution in [0.25, 0.3) is 10.2 Å². The predicted molar refractivity (Wildman–Crippen MR) is 74.2 cm³/mol. The van der Waals surface area contributed by atoms with Crippen molar-refractivity contribution in [1.82, 2.24) is 9.88 Å². The Kier molecular flexibility index (Phi) is 3.62. The maximum Gasteiger partial charge on any atom is 0.0954 e. The van der Waals surface area contributed by atoms with Gasteiger partial charge in [0.25, 0.3) is 0 Å². The molecule has 0 radical (unpaired) electrons. The van der Waals surface area contributed by atoms with E-state index in [4.69, 9.17) is 0 Å². The number of hydrogen-bond acceptors (Lipinski definition) is 3. The van der Waals surface area contributed by atoms with E-state index in [2.05, 4.69) is 65.0 Å². The summed E-state index contributed by atoms with van der Waals surface area (Å²) < 4.78 is 2.36. The Balaban J connectivity index is 2.26. The summed E-state index contributed by atoms with van der Waals surface area (Å²) in [5.74, 6) is 0. The van der Waals surface area contributed by atoms with E-state index in [0.29, 0.717) is 6.04 Å². The molecule has 0 amide bonds. The topological polar surface area (TPSA) is 16.1 Å². The summed E-state index contributed by atoms with van der Waals surface area (Å²) >= 11 is 5.27. The SMILES string of the molecule is CC(Cc1nc2cc(Br)ccc2s1)N(C)C. The number of benzene rings is 1. The molecule has 1 heterocycles. The van der Waals surface area contributed by atoms with Crippen LogP contribution in [-0.2, 0) is 6.42 Å². The normalized spacial score (nSPS) is 13.6. The summed E-state index contributed by atoms with van der Waals surface area (Å²) in [7, 11) is 4.21. The molecule has 2 nitrogen and oxygen atoms in total. The first-order valence-corrected chi connectivity index (χ1v) is 6.88. The monoisotopic (exact) mass is 298 g/mol. The van der Waals surface area contributed by atoms with Gasteiger partial charge in [0.2, 0.25) is 0 Å². The summed E-state index contributed by atoms with van der Waals surface area (Å²) in [5, 5.41) is 1.22. The molecule has 1 atom stereocenters. The Bertz CT molecular complexity index is 493. The van der Waals surface area contributed by atoms with Crippen LogP contribution in [0.2, 0.25) is 0 Å². The number of fused-ring (bicyclic) bond motifs is 1. The minimum atomic E-state index is 0.531. The lowest BCUT2D eigenvalue weighted by Gasteiger charge is -2.17. The predicted octanol–water partition coefficient (Wildman–Crippen LogP) is 3.55. The van der Waals surface area contributed by atoms with Crippen LogP contribution in [-0.4, -0.2) is 30.0 Å². The summed E-state index contributed by atoms with van der Waals surface area (Å²) in [5.41, 5.74) is 1.10. The number of likely N-dealkylation sites (N-methyl/N-ethyl adjacent to an activating group) is 1. The summed E-state index contributed by atoms with van der Waals surface area (Å²) in [6, 6.07) is 6.81. The molecule has 0 aliphatic heterocycles. The fraction of sp³-hybridized carbons (Fsp3) is 0.417. The molecule has 0 N–H and O–H groups in total. The van der Waals surface area contributed by atoms with Crippen LogP contribution < -0.4 is 0 Å². The van der Waals surface area contributed by atoms with Gasteiger partial charge < -0.3 is 4.90 Å². The second-order valence-corrected chi connectivity index (χ2v) is 6.27. The van der Waals surface area contributed by atoms with E-state index in [-0.39, 0.29) is 0 Å². The van der Waals surface area contributed by atoms with Gasteiger partial charge >= 0.3 is 0 Å². The van der Waals surface area contributed by atoms with E-state index in [9.17, 15) is 0 Å². The molecule has 0 bridgehead atoms. The van der Waals surface area contributed by atoms with Crippen LogP contribution in [0.4, 0.5) is 0 Å². The largest absolute Gasteiger partial charge is 0.306 e. The molecule has 2 aromatic rings. The van der Waals surface area contributed by atoms with Gasteiger partial charge in [0, 0.05) is 16.9 Å². The zero-order valence-electron chi connectivity index (χ0n) is 9.70. The van der Waals surface area contributed by atoms with Gasteiger partial charge in [-0.1, -0.05) is 15.9 Å². The zero-order valence-corrected chi connectivity index (χ0v) is 12.1. The van der Waals surface area contributed by atoms with Crippen LogP contribution in [0.15, 0.2) is 22.7 Å². The average Bonchev–Trinajstić information content (AvgIpc) is 2.58. The Morgan fingerprint density at radius 3 is 2.88 bits per heavy atom. The molecule has 16 heavy (non-hydrogen) atoms. The molecule has 1 unspecified atom stereocenters. The van der Waals surface area contributed by atoms with Crippen molar-refractivity contribution in [2.24, 2.45) is 0 Å². The lowest BCUT2D eigenvalue weighted by atomic mass is 10.2. The minimum absolute atomic E-state index is 0.531. The highest BCUT2D eigenvalue weighted by atomic mass is 79.9. The molecule has 2 rings (SSSR count). The lowest BCUT2D eigenvalue weighted by molar-refractivity contribution is 0.312. The van der Waals surface area contributed by atoms with Gasteiger partial charge in [0.1, 0.15) is 0 Å². The number of rotatable bonds is 3. The second kappa shape index (κ2) is 4.82. The zero-order chi connectivity index (χ0) is 11.7. The van der Waals surface area contributed by atoms with Gasteiger partial charge in [-0.05, 0) is 39.2 Å². The molecule has 0 saturated heterocycles. The fourth-order valence-electron chi connectivity index (χ4n) is 1.47. The summed E-state index contributed by atoms with van der Waals surface area (Å²) in [6.07, 6.45) is 1.02. The minimum Gasteiger partial charge on any atom is -0.306 e. The molecule has 0 fully saturated rings. The molecule has 0 aliphatic rings. The van der Waals surface area contributed by atoms with Crippen molar-refractivity contribution in [3.8, 4) is 0 Å². The van der Waals surface area contributed by atoms with Crippen molar-refractivity contribution in [2.75, 3.05) is 14.1 Å². The standard InChI is InChI=1S/C12H15BrN2S/c1-8(15(2)3)6-12-14-10-7-9(13)4-5-11(10)16-12/h4-5,7-8H,6H2,1-3H3. The highest BCUT2D eigenvalue weighted by molar-refractivity contribution is 9.10. The molecule has 4 heteroatoms. The van der Waals surface area contributed by atoms with Gasteiger partial charge in [0.15, 0.2) is 0 Å². The molecule has 1 aromatic carbocycles. The Hall–Kier alpha value is -0.450. The average molecular weight is 299 g/mol. The summed E-state index contributed by atoms with van der Waals surface area (Å²) in [6.45, 7) is 2.22. The van der Waals surface area contributed by atoms with Gasteiger partial charge in [-0.25, -0.2) is 4.98 Å². The van der Waals surface area contributed by atoms with E-state index in [1.54, 1.807) is 11.3 Å². The lowest BCUT2D eigenvalue weighted by Crippen LogP contribution is -2.26. The Morgan fingerprint density at radius 2 is 2.19 bits per heavy atom. The van der Waals surface area contributed by atoms with E-state index in [0.717, 1.165) is 16.4 Å². The number of aromatic nitrogens is 1. The fourth-order valence-corrected chi connectivity index (χ4v) is 2.89. The second-order valence-electron chi connectivity index (χ2n) is 4.24. The first kappa shape index (κ1) is 12.0. The van der Waals surface area contributed by atoms with E-state index in [1.165, 1.54) is 9.71 Å². The van der Waals surface area contributed by atoms with Crippen molar-refractivity contribution < 1.29 is 0 Å². The third kappa shape index (κ3) is 2.62. The first-order valence-electron chi connectivity index (χ1n) is 5.27. The molecule has 0 saturated carbocycles. The van der Waals surface area contributed by atoms with Gasteiger partial charge in [-0.2, -0.15) is 0 Å². The maximum atomic E-state index is 4.66. The van der Waals surface area contributed by atoms with E-state index in [1.807, 2.05) is 0 Å². The molecule has 86 valence electrons. The number of hydrogen-bond donors (Lipinski definition) is 0. The van der Waals surface area contributed by atoms with Gasteiger partial charge in [-0.15, -0.1) is 11.3 Å². The Morgan fingerprint density at radius 1 is 1.44 bits per heavy atom. The maximum absolute atomic E-state index is 4.66. The first-order chi connectivity index (χ1) is 7.56. The molecular weight excluding hydrogens is 284 g/mol. The Labute approximate surface area is 108 Å². The third-order valence-electron chi connectivity index (χ3n) is 2.75. The molecule has 0 spiro atoms. The van der Waals surface area contributed by atoms with Crippen molar-refractivity contribution >= 4 is 37.5 Å². The van der Waals surface area contributed by atoms with Crippen LogP contribution in [0.1, 0.15) is 11.9 Å². The van der Waals surface area contributed by atoms with Crippen LogP contribution in [0.5, 0.6) is 0 Å². The van der Waals surface area contributed by atoms with Crippen LogP contribution >= 0.6 is 27.3 Å². The summed E-state index contributed by atoms with van der Waals surface area (Å²) in [4.78, 5) is 6.88. The molecular formula is C12H15BrN2S. The van der Waals surface area contributed by atoms with E-state index >= 15 is 0 Å². The highest BCUT2D eigenvalue weighted by Crippen LogP contribution is 2.26.